The number of thiophene rings is 1. The van der Waals surface area contributed by atoms with Gasteiger partial charge in [-0.2, -0.15) is 5.10 Å². The maximum Gasteiger partial charge on any atom is 0.246 e. The van der Waals surface area contributed by atoms with Gasteiger partial charge in [-0.1, -0.05) is 51.3 Å². The topological polar surface area (TPSA) is 102 Å². The van der Waals surface area contributed by atoms with Gasteiger partial charge in [-0.25, -0.2) is 13.8 Å². The van der Waals surface area contributed by atoms with Crippen LogP contribution in [-0.2, 0) is 37.6 Å². The van der Waals surface area contributed by atoms with Gasteiger partial charge >= 0.3 is 0 Å². The van der Waals surface area contributed by atoms with Gasteiger partial charge in [0.25, 0.3) is 0 Å². The number of amides is 2. The monoisotopic (exact) mass is 758 g/mol. The first kappa shape index (κ1) is 40.2. The lowest BCUT2D eigenvalue weighted by Gasteiger charge is -2.37. The van der Waals surface area contributed by atoms with Crippen LogP contribution in [0.3, 0.4) is 0 Å². The quantitative estimate of drug-likeness (QED) is 0.0695. The molecular weight excluding hydrogens is 711 g/mol. The van der Waals surface area contributed by atoms with E-state index >= 15 is 0 Å². The molecule has 1 saturated carbocycles. The van der Waals surface area contributed by atoms with E-state index in [-0.39, 0.29) is 24.2 Å². The maximum atomic E-state index is 14.8. The van der Waals surface area contributed by atoms with Gasteiger partial charge < -0.3 is 24.6 Å². The van der Waals surface area contributed by atoms with Gasteiger partial charge in [0.15, 0.2) is 0 Å². The molecule has 2 fully saturated rings. The molecule has 3 aliphatic rings. The lowest BCUT2D eigenvalue weighted by molar-refractivity contribution is -0.127. The molecule has 0 spiro atoms. The number of halogens is 2. The molecule has 286 valence electrons. The summed E-state index contributed by atoms with van der Waals surface area (Å²) in [5.74, 6) is -0.815. The minimum absolute atomic E-state index is 0.0894. The van der Waals surface area contributed by atoms with Crippen LogP contribution in [0.4, 0.5) is 8.78 Å². The highest BCUT2D eigenvalue weighted by Crippen LogP contribution is 2.49. The number of hydrogen-bond donors (Lipinski definition) is 1. The molecule has 10 nitrogen and oxygen atoms in total. The third-order valence-corrected chi connectivity index (χ3v) is 10.4. The summed E-state index contributed by atoms with van der Waals surface area (Å²) in [6.45, 7) is 15.3. The molecule has 2 amide bonds. The number of likely N-dealkylation sites (tertiary alicyclic amines) is 1. The summed E-state index contributed by atoms with van der Waals surface area (Å²) in [5, 5.41) is 10.8. The molecule has 0 unspecified atom stereocenters. The van der Waals surface area contributed by atoms with Gasteiger partial charge in [-0.3, -0.25) is 14.3 Å². The van der Waals surface area contributed by atoms with Crippen molar-refractivity contribution in [1.29, 1.82) is 0 Å². The molecule has 0 radical (unpaired) electrons. The Morgan fingerprint density at radius 2 is 1.83 bits per heavy atom. The molecule has 1 aromatic carbocycles. The Morgan fingerprint density at radius 3 is 2.46 bits per heavy atom. The number of nitrogens with one attached hydrogen (secondary N) is 1. The zero-order valence-electron chi connectivity index (χ0n) is 31.3. The molecule has 4 aromatic rings. The summed E-state index contributed by atoms with van der Waals surface area (Å²) < 4.78 is 39.7. The zero-order chi connectivity index (χ0) is 38.8. The van der Waals surface area contributed by atoms with E-state index in [0.717, 1.165) is 58.9 Å². The van der Waals surface area contributed by atoms with Gasteiger partial charge in [0, 0.05) is 54.0 Å². The zero-order valence-corrected chi connectivity index (χ0v) is 32.1. The van der Waals surface area contributed by atoms with E-state index in [4.69, 9.17) is 14.8 Å². The highest BCUT2D eigenvalue weighted by molar-refractivity contribution is 7.17. The van der Waals surface area contributed by atoms with Crippen molar-refractivity contribution in [1.82, 2.24) is 29.9 Å². The molecule has 1 saturated heterocycles. The van der Waals surface area contributed by atoms with E-state index in [1.165, 1.54) is 29.8 Å². The number of carbonyl (C=O) groups excluding carboxylic acids is 2. The lowest BCUT2D eigenvalue weighted by atomic mass is 9.92. The number of pyridine rings is 1. The van der Waals surface area contributed by atoms with Crippen LogP contribution in [0.2, 0.25) is 0 Å². The predicted molar refractivity (Wildman–Crippen MR) is 211 cm³/mol. The second-order valence-electron chi connectivity index (χ2n) is 13.0. The number of nitrogens with zero attached hydrogens (tertiary/aromatic N) is 5. The third-order valence-electron chi connectivity index (χ3n) is 9.49. The van der Waals surface area contributed by atoms with Gasteiger partial charge in [-0.05, 0) is 55.1 Å². The van der Waals surface area contributed by atoms with Crippen molar-refractivity contribution < 1.29 is 27.8 Å². The van der Waals surface area contributed by atoms with Crippen molar-refractivity contribution in [3.63, 3.8) is 0 Å². The SMILES string of the molecule is C=CC(=O)N1CCn2nc(-c3nc(-c4ccc(C5(C(=O)NC6CN(C)C6)CC5)cc4)c4ccsc4c3C=C(F)/C=C/F)cc2C1.C=COCCOC.CC. The van der Waals surface area contributed by atoms with Crippen LogP contribution in [-0.4, -0.2) is 89.4 Å². The summed E-state index contributed by atoms with van der Waals surface area (Å²) in [4.78, 5) is 34.4. The van der Waals surface area contributed by atoms with Crippen LogP contribution in [0.5, 0.6) is 0 Å². The molecule has 3 aromatic heterocycles. The number of ether oxygens (including phenoxy) is 2. The minimum atomic E-state index is -0.749. The number of methoxy groups -OCH3 is 1. The average molecular weight is 759 g/mol. The Bertz CT molecular complexity index is 2010. The number of likely N-dealkylation sites (N-methyl/N-ethyl adjacent to an activating group) is 1. The Balaban J connectivity index is 0.000000562. The normalized spacial score (nSPS) is 16.3. The summed E-state index contributed by atoms with van der Waals surface area (Å²) in [6.07, 6.45) is 6.55. The van der Waals surface area contributed by atoms with E-state index in [1.807, 2.05) is 67.4 Å². The van der Waals surface area contributed by atoms with Gasteiger partial charge in [0.2, 0.25) is 11.8 Å². The van der Waals surface area contributed by atoms with Crippen molar-refractivity contribution in [2.45, 2.75) is 51.2 Å². The Labute approximate surface area is 319 Å². The second-order valence-corrected chi connectivity index (χ2v) is 13.9. The molecule has 7 rings (SSSR count). The van der Waals surface area contributed by atoms with Crippen molar-refractivity contribution in [2.24, 2.45) is 0 Å². The number of aromatic nitrogens is 3. The fraction of sp³-hybridized carbons (Fsp3) is 0.366. The van der Waals surface area contributed by atoms with Crippen molar-refractivity contribution >= 4 is 39.3 Å². The summed E-state index contributed by atoms with van der Waals surface area (Å²) in [5.41, 5.74) is 4.36. The van der Waals surface area contributed by atoms with Gasteiger partial charge in [-0.15, -0.1) is 11.3 Å². The van der Waals surface area contributed by atoms with E-state index < -0.39 is 11.2 Å². The first-order valence-electron chi connectivity index (χ1n) is 18.1. The number of hydrogen-bond acceptors (Lipinski definition) is 8. The summed E-state index contributed by atoms with van der Waals surface area (Å²) in [6, 6.07) is 12.0. The first-order chi connectivity index (χ1) is 26.2. The van der Waals surface area contributed by atoms with E-state index in [1.54, 1.807) is 12.0 Å². The molecular formula is C41H48F2N6O4S. The third kappa shape index (κ3) is 8.86. The Hall–Kier alpha value is -4.98. The number of allylic oxidation sites excluding steroid dienone is 2. The fourth-order valence-electron chi connectivity index (χ4n) is 6.59. The average Bonchev–Trinajstić information content (AvgIpc) is 3.64. The minimum Gasteiger partial charge on any atom is -0.499 e. The molecule has 2 aliphatic heterocycles. The van der Waals surface area contributed by atoms with Crippen LogP contribution < -0.4 is 5.32 Å². The highest BCUT2D eigenvalue weighted by Gasteiger charge is 2.52. The Morgan fingerprint density at radius 1 is 1.09 bits per heavy atom. The Kier molecular flexibility index (Phi) is 13.7. The molecule has 0 atom stereocenters. The predicted octanol–water partition coefficient (Wildman–Crippen LogP) is 7.43. The standard InChI is InChI=1S/C34H32F2N6O2S.C5H10O2.C2H6/c1-3-29(43)41-13-14-42-25(20-41)17-28(39-42)31-27(16-23(36)8-12-35)32-26(9-15-45-32)30(38-31)21-4-6-22(7-5-21)34(10-11-34)33(44)37-24-18-40(2)19-24;1-3-7-5-4-6-2;1-2/h3-9,12,15-17,24H,1,10-11,13-14,18-20H2,2H3,(H,37,44);3H,1,4-5H2,2H3;1-2H3/b12-8+,23-16?;;. The van der Waals surface area contributed by atoms with Gasteiger partial charge in [0.1, 0.15) is 23.8 Å². The van der Waals surface area contributed by atoms with Crippen LogP contribution in [0.25, 0.3) is 38.8 Å². The molecule has 1 N–H and O–H groups in total. The van der Waals surface area contributed by atoms with Crippen LogP contribution >= 0.6 is 11.3 Å². The smallest absolute Gasteiger partial charge is 0.246 e. The fourth-order valence-corrected chi connectivity index (χ4v) is 7.50. The van der Waals surface area contributed by atoms with Crippen LogP contribution in [0.15, 0.2) is 85.5 Å². The molecule has 5 heterocycles. The highest BCUT2D eigenvalue weighted by atomic mass is 32.1. The summed E-state index contributed by atoms with van der Waals surface area (Å²) >= 11 is 1.44. The lowest BCUT2D eigenvalue weighted by Crippen LogP contribution is -2.59. The van der Waals surface area contributed by atoms with E-state index in [9.17, 15) is 18.4 Å². The summed E-state index contributed by atoms with van der Waals surface area (Å²) in [7, 11) is 3.67. The van der Waals surface area contributed by atoms with Crippen molar-refractivity contribution in [3.05, 3.63) is 102 Å². The number of carbonyl (C=O) groups is 2. The van der Waals surface area contributed by atoms with Crippen LogP contribution in [0, 0.1) is 0 Å². The number of fused-ring (bicyclic) bond motifs is 2. The van der Waals surface area contributed by atoms with Crippen LogP contribution in [0.1, 0.15) is 43.5 Å². The second kappa shape index (κ2) is 18.4. The van der Waals surface area contributed by atoms with Gasteiger partial charge in [0.05, 0.1) is 55.1 Å². The number of benzene rings is 1. The molecule has 0 bridgehead atoms. The van der Waals surface area contributed by atoms with E-state index in [2.05, 4.69) is 28.1 Å². The first-order valence-corrected chi connectivity index (χ1v) is 18.9. The molecule has 13 heteroatoms. The maximum absolute atomic E-state index is 14.8. The molecule has 1 aliphatic carbocycles. The number of rotatable bonds is 12. The van der Waals surface area contributed by atoms with E-state index in [0.29, 0.717) is 55.5 Å². The molecule has 54 heavy (non-hydrogen) atoms. The van der Waals surface area contributed by atoms with Crippen molar-refractivity contribution in [3.8, 4) is 22.6 Å². The largest absolute Gasteiger partial charge is 0.499 e. The van der Waals surface area contributed by atoms with Crippen molar-refractivity contribution in [2.75, 3.05) is 47.0 Å².